The second-order valence-electron chi connectivity index (χ2n) is 5.56. The van der Waals surface area contributed by atoms with E-state index < -0.39 is 0 Å². The van der Waals surface area contributed by atoms with Crippen LogP contribution in [-0.2, 0) is 13.0 Å². The number of nitrogens with zero attached hydrogens (tertiary/aromatic N) is 2. The van der Waals surface area contributed by atoms with Crippen LogP contribution in [0.1, 0.15) is 37.4 Å². The second-order valence-corrected chi connectivity index (χ2v) is 5.56. The summed E-state index contributed by atoms with van der Waals surface area (Å²) in [4.78, 5) is 7.15. The molecule has 0 radical (unpaired) electrons. The van der Waals surface area contributed by atoms with Crippen LogP contribution in [0.3, 0.4) is 0 Å². The molecule has 1 aliphatic carbocycles. The average Bonchev–Trinajstić information content (AvgIpc) is 3.16. The predicted molar refractivity (Wildman–Crippen MR) is 73.5 cm³/mol. The van der Waals surface area contributed by atoms with E-state index in [-0.39, 0.29) is 0 Å². The topological polar surface area (TPSA) is 28.2 Å². The summed E-state index contributed by atoms with van der Waals surface area (Å²) in [6.07, 6.45) is 7.12. The number of aryl methyl sites for hydroxylation is 1. The minimum atomic E-state index is 0.664. The molecule has 1 saturated heterocycles. The van der Waals surface area contributed by atoms with Crippen molar-refractivity contribution in [1.29, 1.82) is 0 Å². The van der Waals surface area contributed by atoms with Crippen LogP contribution >= 0.6 is 0 Å². The summed E-state index contributed by atoms with van der Waals surface area (Å²) in [6, 6.07) is 5.80. The summed E-state index contributed by atoms with van der Waals surface area (Å²) in [5.41, 5.74) is 2.60. The molecule has 2 fully saturated rings. The van der Waals surface area contributed by atoms with Gasteiger partial charge in [-0.2, -0.15) is 0 Å². The van der Waals surface area contributed by atoms with Gasteiger partial charge in [-0.15, -0.1) is 0 Å². The molecule has 3 rings (SSSR count). The van der Waals surface area contributed by atoms with Gasteiger partial charge in [-0.25, -0.2) is 0 Å². The number of aromatic nitrogens is 1. The summed E-state index contributed by atoms with van der Waals surface area (Å²) in [5.74, 6) is 0. The summed E-state index contributed by atoms with van der Waals surface area (Å²) in [6.45, 7) is 5.64. The Labute approximate surface area is 110 Å². The van der Waals surface area contributed by atoms with E-state index >= 15 is 0 Å². The number of hydrogen-bond donors (Lipinski definition) is 1. The zero-order valence-electron chi connectivity index (χ0n) is 11.2. The fourth-order valence-corrected chi connectivity index (χ4v) is 2.92. The van der Waals surface area contributed by atoms with Gasteiger partial charge in [0.2, 0.25) is 0 Å². The van der Waals surface area contributed by atoms with Gasteiger partial charge in [0.25, 0.3) is 0 Å². The van der Waals surface area contributed by atoms with Gasteiger partial charge in [-0.3, -0.25) is 9.88 Å². The van der Waals surface area contributed by atoms with E-state index in [1.165, 1.54) is 43.6 Å². The Kier molecular flexibility index (Phi) is 3.62. The molecule has 3 heteroatoms. The normalized spacial score (nSPS) is 24.6. The number of hydrogen-bond acceptors (Lipinski definition) is 3. The Bertz CT molecular complexity index is 400. The van der Waals surface area contributed by atoms with Crippen molar-refractivity contribution in [1.82, 2.24) is 15.2 Å². The van der Waals surface area contributed by atoms with Crippen molar-refractivity contribution in [2.45, 2.75) is 51.2 Å². The molecule has 18 heavy (non-hydrogen) atoms. The first-order chi connectivity index (χ1) is 8.86. The van der Waals surface area contributed by atoms with E-state index in [0.29, 0.717) is 6.04 Å². The maximum Gasteiger partial charge on any atom is 0.0573 e. The van der Waals surface area contributed by atoms with Gasteiger partial charge in [0.1, 0.15) is 0 Å². The molecule has 1 aromatic heterocycles. The van der Waals surface area contributed by atoms with Crippen molar-refractivity contribution in [2.75, 3.05) is 13.1 Å². The van der Waals surface area contributed by atoms with Crippen LogP contribution in [0, 0.1) is 0 Å². The minimum absolute atomic E-state index is 0.664. The zero-order chi connectivity index (χ0) is 12.4. The first-order valence-corrected chi connectivity index (χ1v) is 7.27. The molecule has 1 aliphatic heterocycles. The predicted octanol–water partition coefficient (Wildman–Crippen LogP) is 1.97. The molecule has 0 spiro atoms. The van der Waals surface area contributed by atoms with Crippen molar-refractivity contribution >= 4 is 0 Å². The second kappa shape index (κ2) is 5.37. The molecule has 1 saturated carbocycles. The van der Waals surface area contributed by atoms with Gasteiger partial charge in [0.15, 0.2) is 0 Å². The van der Waals surface area contributed by atoms with E-state index in [1.807, 2.05) is 12.3 Å². The third kappa shape index (κ3) is 2.73. The Morgan fingerprint density at radius 2 is 2.28 bits per heavy atom. The van der Waals surface area contributed by atoms with Crippen LogP contribution < -0.4 is 5.32 Å². The third-order valence-corrected chi connectivity index (χ3v) is 4.21. The highest BCUT2D eigenvalue weighted by atomic mass is 15.2. The molecule has 2 heterocycles. The smallest absolute Gasteiger partial charge is 0.0573 e. The molecular weight excluding hydrogens is 222 g/mol. The van der Waals surface area contributed by atoms with Crippen molar-refractivity contribution < 1.29 is 0 Å². The van der Waals surface area contributed by atoms with Crippen molar-refractivity contribution in [3.63, 3.8) is 0 Å². The lowest BCUT2D eigenvalue weighted by Gasteiger charge is -2.16. The van der Waals surface area contributed by atoms with Crippen molar-refractivity contribution in [3.8, 4) is 0 Å². The molecule has 0 aromatic carbocycles. The summed E-state index contributed by atoms with van der Waals surface area (Å²) in [7, 11) is 0. The van der Waals surface area contributed by atoms with Gasteiger partial charge in [0, 0.05) is 37.9 Å². The lowest BCUT2D eigenvalue weighted by atomic mass is 10.1. The molecule has 2 aliphatic rings. The Morgan fingerprint density at radius 3 is 3.06 bits per heavy atom. The maximum atomic E-state index is 4.50. The van der Waals surface area contributed by atoms with E-state index in [1.54, 1.807) is 0 Å². The Morgan fingerprint density at radius 1 is 1.39 bits per heavy atom. The minimum Gasteiger partial charge on any atom is -0.307 e. The van der Waals surface area contributed by atoms with Crippen LogP contribution in [0.2, 0.25) is 0 Å². The summed E-state index contributed by atoms with van der Waals surface area (Å²) < 4.78 is 0. The first kappa shape index (κ1) is 12.1. The Hall–Kier alpha value is -0.930. The van der Waals surface area contributed by atoms with Crippen LogP contribution in [-0.4, -0.2) is 35.1 Å². The van der Waals surface area contributed by atoms with E-state index in [4.69, 9.17) is 0 Å². The Balaban J connectivity index is 1.51. The third-order valence-electron chi connectivity index (χ3n) is 4.21. The van der Waals surface area contributed by atoms with Gasteiger partial charge in [0.05, 0.1) is 5.69 Å². The molecule has 3 nitrogen and oxygen atoms in total. The van der Waals surface area contributed by atoms with E-state index in [9.17, 15) is 0 Å². The SMILES string of the molecule is CCc1cccnc1CNC1CCN(C2CC2)C1. The fraction of sp³-hybridized carbons (Fsp3) is 0.667. The number of likely N-dealkylation sites (tertiary alicyclic amines) is 1. The molecule has 1 N–H and O–H groups in total. The van der Waals surface area contributed by atoms with E-state index in [0.717, 1.165) is 19.0 Å². The van der Waals surface area contributed by atoms with Gasteiger partial charge in [-0.1, -0.05) is 13.0 Å². The largest absolute Gasteiger partial charge is 0.307 e. The van der Waals surface area contributed by atoms with Crippen molar-refractivity contribution in [3.05, 3.63) is 29.6 Å². The number of rotatable bonds is 5. The van der Waals surface area contributed by atoms with Crippen LogP contribution in [0.15, 0.2) is 18.3 Å². The van der Waals surface area contributed by atoms with Crippen LogP contribution in [0.25, 0.3) is 0 Å². The fourth-order valence-electron chi connectivity index (χ4n) is 2.92. The molecule has 98 valence electrons. The highest BCUT2D eigenvalue weighted by Gasteiger charge is 2.34. The van der Waals surface area contributed by atoms with Crippen molar-refractivity contribution in [2.24, 2.45) is 0 Å². The first-order valence-electron chi connectivity index (χ1n) is 7.27. The summed E-state index contributed by atoms with van der Waals surface area (Å²) >= 11 is 0. The molecule has 1 aromatic rings. The average molecular weight is 245 g/mol. The lowest BCUT2D eigenvalue weighted by molar-refractivity contribution is 0.317. The molecule has 1 atom stereocenters. The monoisotopic (exact) mass is 245 g/mol. The number of pyridine rings is 1. The molecule has 0 bridgehead atoms. The van der Waals surface area contributed by atoms with Gasteiger partial charge < -0.3 is 5.32 Å². The summed E-state index contributed by atoms with van der Waals surface area (Å²) in [5, 5.41) is 3.68. The molecule has 1 unspecified atom stereocenters. The zero-order valence-corrected chi connectivity index (χ0v) is 11.2. The quantitative estimate of drug-likeness (QED) is 0.859. The maximum absolute atomic E-state index is 4.50. The molecular formula is C15H23N3. The highest BCUT2D eigenvalue weighted by molar-refractivity contribution is 5.19. The van der Waals surface area contributed by atoms with Gasteiger partial charge >= 0.3 is 0 Å². The van der Waals surface area contributed by atoms with Gasteiger partial charge in [-0.05, 0) is 37.3 Å². The lowest BCUT2D eigenvalue weighted by Crippen LogP contribution is -2.33. The number of nitrogens with one attached hydrogen (secondary N) is 1. The van der Waals surface area contributed by atoms with E-state index in [2.05, 4.69) is 28.2 Å². The van der Waals surface area contributed by atoms with Crippen LogP contribution in [0.4, 0.5) is 0 Å². The standard InChI is InChI=1S/C15H23N3/c1-2-12-4-3-8-16-15(12)10-17-13-7-9-18(11-13)14-5-6-14/h3-4,8,13-14,17H,2,5-7,9-11H2,1H3. The molecule has 0 amide bonds. The van der Waals surface area contributed by atoms with Crippen LogP contribution in [0.5, 0.6) is 0 Å². The highest BCUT2D eigenvalue weighted by Crippen LogP contribution is 2.29.